The highest BCUT2D eigenvalue weighted by molar-refractivity contribution is 6.07. The number of methoxy groups -OCH3 is 1. The Hall–Kier alpha value is -2.53. The first kappa shape index (κ1) is 16.9. The summed E-state index contributed by atoms with van der Waals surface area (Å²) in [7, 11) is 1.62. The second-order valence-electron chi connectivity index (χ2n) is 7.01. The molecule has 3 aromatic rings. The van der Waals surface area contributed by atoms with Crippen LogP contribution in [0.5, 0.6) is 5.75 Å². The third-order valence-corrected chi connectivity index (χ3v) is 5.26. The normalized spacial score (nSPS) is 18.3. The van der Waals surface area contributed by atoms with Gasteiger partial charge in [-0.3, -0.25) is 9.69 Å². The summed E-state index contributed by atoms with van der Waals surface area (Å²) >= 11 is 0. The smallest absolute Gasteiger partial charge is 0.238 e. The van der Waals surface area contributed by atoms with E-state index < -0.39 is 0 Å². The van der Waals surface area contributed by atoms with Crippen LogP contribution in [0.2, 0.25) is 0 Å². The number of hydrogen-bond donors (Lipinski definition) is 1. The molecule has 0 spiro atoms. The summed E-state index contributed by atoms with van der Waals surface area (Å²) in [5, 5.41) is 5.03. The van der Waals surface area contributed by atoms with Crippen LogP contribution in [0, 0.1) is 0 Å². The lowest BCUT2D eigenvalue weighted by molar-refractivity contribution is -0.118. The Morgan fingerprint density at radius 1 is 1.23 bits per heavy atom. The molecule has 5 nitrogen and oxygen atoms in total. The molecule has 0 aliphatic carbocycles. The van der Waals surface area contributed by atoms with E-state index in [4.69, 9.17) is 9.15 Å². The van der Waals surface area contributed by atoms with Gasteiger partial charge in [-0.1, -0.05) is 24.6 Å². The molecule has 1 amide bonds. The largest absolute Gasteiger partial charge is 0.495 e. The number of piperidine rings is 1. The molecule has 5 heteroatoms. The first-order valence-corrected chi connectivity index (χ1v) is 9.19. The van der Waals surface area contributed by atoms with Crippen molar-refractivity contribution in [2.45, 2.75) is 32.2 Å². The van der Waals surface area contributed by atoms with Gasteiger partial charge in [0.25, 0.3) is 0 Å². The lowest BCUT2D eigenvalue weighted by Crippen LogP contribution is -2.42. The maximum atomic E-state index is 12.6. The monoisotopic (exact) mass is 352 g/mol. The third-order valence-electron chi connectivity index (χ3n) is 5.26. The Bertz CT molecular complexity index is 947. The number of carbonyl (C=O) groups is 1. The molecule has 0 saturated carbocycles. The van der Waals surface area contributed by atoms with Crippen molar-refractivity contribution in [1.29, 1.82) is 0 Å². The summed E-state index contributed by atoms with van der Waals surface area (Å²) in [6.45, 7) is 3.57. The molecule has 1 unspecified atom stereocenters. The number of anilines is 1. The molecule has 136 valence electrons. The molecule has 2 aromatic carbocycles. The van der Waals surface area contributed by atoms with Gasteiger partial charge >= 0.3 is 0 Å². The maximum Gasteiger partial charge on any atom is 0.238 e. The van der Waals surface area contributed by atoms with Crippen LogP contribution in [0.3, 0.4) is 0 Å². The summed E-state index contributed by atoms with van der Waals surface area (Å²) in [6.07, 6.45) is 3.56. The van der Waals surface area contributed by atoms with Crippen LogP contribution in [0.15, 0.2) is 40.8 Å². The van der Waals surface area contributed by atoms with Gasteiger partial charge in [-0.05, 0) is 38.4 Å². The molecule has 1 aliphatic rings. The van der Waals surface area contributed by atoms with Crippen molar-refractivity contribution in [3.8, 4) is 5.75 Å². The van der Waals surface area contributed by atoms with Gasteiger partial charge in [0.05, 0.1) is 19.3 Å². The molecule has 0 radical (unpaired) electrons. The summed E-state index contributed by atoms with van der Waals surface area (Å²) in [5.74, 6) is 0.622. The van der Waals surface area contributed by atoms with E-state index >= 15 is 0 Å². The topological polar surface area (TPSA) is 54.7 Å². The minimum absolute atomic E-state index is 0.0208. The van der Waals surface area contributed by atoms with E-state index in [0.29, 0.717) is 24.0 Å². The van der Waals surface area contributed by atoms with Gasteiger partial charge in [0.15, 0.2) is 0 Å². The molecule has 1 aliphatic heterocycles. The number of amides is 1. The Kier molecular flexibility index (Phi) is 4.55. The van der Waals surface area contributed by atoms with Gasteiger partial charge < -0.3 is 14.5 Å². The van der Waals surface area contributed by atoms with Crippen molar-refractivity contribution in [2.24, 2.45) is 0 Å². The molecule has 1 N–H and O–H groups in total. The fourth-order valence-electron chi connectivity index (χ4n) is 3.78. The molecule has 1 aromatic heterocycles. The van der Waals surface area contributed by atoms with Crippen molar-refractivity contribution in [1.82, 2.24) is 4.90 Å². The van der Waals surface area contributed by atoms with Crippen molar-refractivity contribution in [2.75, 3.05) is 25.5 Å². The van der Waals surface area contributed by atoms with Crippen molar-refractivity contribution in [3.63, 3.8) is 0 Å². The van der Waals surface area contributed by atoms with Crippen LogP contribution in [-0.2, 0) is 4.79 Å². The highest BCUT2D eigenvalue weighted by Crippen LogP contribution is 2.36. The van der Waals surface area contributed by atoms with E-state index in [1.54, 1.807) is 7.11 Å². The predicted molar refractivity (Wildman–Crippen MR) is 104 cm³/mol. The number of para-hydroxylation sites is 1. The van der Waals surface area contributed by atoms with E-state index in [-0.39, 0.29) is 5.91 Å². The van der Waals surface area contributed by atoms with E-state index in [1.165, 1.54) is 6.42 Å². The summed E-state index contributed by atoms with van der Waals surface area (Å²) < 4.78 is 11.4. The summed E-state index contributed by atoms with van der Waals surface area (Å²) in [6, 6.07) is 12.1. The van der Waals surface area contributed by atoms with Crippen LogP contribution >= 0.6 is 0 Å². The number of carbonyl (C=O) groups excluding carboxylic acids is 1. The van der Waals surface area contributed by atoms with E-state index in [0.717, 1.165) is 41.3 Å². The van der Waals surface area contributed by atoms with Gasteiger partial charge in [-0.2, -0.15) is 0 Å². The second-order valence-corrected chi connectivity index (χ2v) is 7.01. The van der Waals surface area contributed by atoms with Crippen LogP contribution < -0.4 is 10.1 Å². The number of ether oxygens (including phenoxy) is 1. The average molecular weight is 352 g/mol. The number of benzene rings is 2. The lowest BCUT2D eigenvalue weighted by Gasteiger charge is -2.32. The zero-order chi connectivity index (χ0) is 18.1. The fourth-order valence-corrected chi connectivity index (χ4v) is 3.78. The molecule has 4 rings (SSSR count). The quantitative estimate of drug-likeness (QED) is 0.756. The first-order chi connectivity index (χ1) is 12.7. The van der Waals surface area contributed by atoms with Crippen LogP contribution in [0.4, 0.5) is 5.69 Å². The Balaban J connectivity index is 1.60. The number of furan rings is 1. The van der Waals surface area contributed by atoms with Gasteiger partial charge in [-0.25, -0.2) is 0 Å². The minimum Gasteiger partial charge on any atom is -0.495 e. The summed E-state index contributed by atoms with van der Waals surface area (Å²) in [5.41, 5.74) is 2.22. The standard InChI is InChI=1S/C21H24N2O3/c1-14-7-5-6-10-23(14)13-21(24)22-17-12-19-16(11-20(17)25-2)15-8-3-4-9-18(15)26-19/h3-4,8-9,11-12,14H,5-7,10,13H2,1-2H3,(H,22,24). The molecular formula is C21H24N2O3. The van der Waals surface area contributed by atoms with E-state index in [9.17, 15) is 4.79 Å². The Labute approximate surface area is 152 Å². The number of fused-ring (bicyclic) bond motifs is 3. The zero-order valence-electron chi connectivity index (χ0n) is 15.2. The Morgan fingerprint density at radius 2 is 2.08 bits per heavy atom. The predicted octanol–water partition coefficient (Wildman–Crippen LogP) is 4.41. The highest BCUT2D eigenvalue weighted by Gasteiger charge is 2.21. The Morgan fingerprint density at radius 3 is 2.88 bits per heavy atom. The fraction of sp³-hybridized carbons (Fsp3) is 0.381. The lowest BCUT2D eigenvalue weighted by atomic mass is 10.0. The molecular weight excluding hydrogens is 328 g/mol. The van der Waals surface area contributed by atoms with Crippen LogP contribution in [-0.4, -0.2) is 37.0 Å². The van der Waals surface area contributed by atoms with Gasteiger partial charge in [0.2, 0.25) is 5.91 Å². The van der Waals surface area contributed by atoms with Crippen LogP contribution in [0.1, 0.15) is 26.2 Å². The number of rotatable bonds is 4. The molecule has 1 saturated heterocycles. The third kappa shape index (κ3) is 3.15. The molecule has 1 fully saturated rings. The number of nitrogens with one attached hydrogen (secondary N) is 1. The van der Waals surface area contributed by atoms with Gasteiger partial charge in [0.1, 0.15) is 16.9 Å². The van der Waals surface area contributed by atoms with Crippen molar-refractivity contribution < 1.29 is 13.9 Å². The highest BCUT2D eigenvalue weighted by atomic mass is 16.5. The SMILES string of the molecule is COc1cc2c(cc1NC(=O)CN1CCCCC1C)oc1ccccc12. The molecule has 2 heterocycles. The first-order valence-electron chi connectivity index (χ1n) is 9.19. The van der Waals surface area contributed by atoms with Crippen LogP contribution in [0.25, 0.3) is 21.9 Å². The zero-order valence-corrected chi connectivity index (χ0v) is 15.2. The molecule has 26 heavy (non-hydrogen) atoms. The van der Waals surface area contributed by atoms with E-state index in [1.807, 2.05) is 36.4 Å². The summed E-state index contributed by atoms with van der Waals surface area (Å²) in [4.78, 5) is 14.8. The number of likely N-dealkylation sites (tertiary alicyclic amines) is 1. The maximum absolute atomic E-state index is 12.6. The van der Waals surface area contributed by atoms with Gasteiger partial charge in [0, 0.05) is 22.9 Å². The van der Waals surface area contributed by atoms with Crippen molar-refractivity contribution in [3.05, 3.63) is 36.4 Å². The van der Waals surface area contributed by atoms with Gasteiger partial charge in [-0.15, -0.1) is 0 Å². The number of nitrogens with zero attached hydrogens (tertiary/aromatic N) is 1. The molecule has 1 atom stereocenters. The van der Waals surface area contributed by atoms with E-state index in [2.05, 4.69) is 17.1 Å². The minimum atomic E-state index is -0.0208. The average Bonchev–Trinajstić information content (AvgIpc) is 3.00. The number of hydrogen-bond acceptors (Lipinski definition) is 4. The molecule has 0 bridgehead atoms. The van der Waals surface area contributed by atoms with Crippen molar-refractivity contribution >= 4 is 33.5 Å². The second kappa shape index (κ2) is 7.00.